The van der Waals surface area contributed by atoms with Gasteiger partial charge in [-0.05, 0) is 19.8 Å². The molecule has 1 aromatic heterocycles. The number of nitrogens with one attached hydrogen (secondary N) is 1. The van der Waals surface area contributed by atoms with Crippen molar-refractivity contribution in [1.29, 1.82) is 0 Å². The molecule has 2 N–H and O–H groups in total. The number of amides is 1. The Kier molecular flexibility index (Phi) is 5.69. The van der Waals surface area contributed by atoms with Crippen LogP contribution in [0, 0.1) is 13.8 Å². The van der Waals surface area contributed by atoms with Gasteiger partial charge < -0.3 is 19.7 Å². The highest BCUT2D eigenvalue weighted by molar-refractivity contribution is 5.78. The van der Waals surface area contributed by atoms with Crippen LogP contribution in [0.25, 0.3) is 0 Å². The zero-order valence-corrected chi connectivity index (χ0v) is 12.1. The first-order valence-corrected chi connectivity index (χ1v) is 6.31. The van der Waals surface area contributed by atoms with Gasteiger partial charge in [-0.15, -0.1) is 0 Å². The fraction of sp³-hybridized carbons (Fsp3) is 0.615. The summed E-state index contributed by atoms with van der Waals surface area (Å²) in [6.07, 6.45) is -0.799. The number of carboxylic acids is 1. The van der Waals surface area contributed by atoms with Crippen LogP contribution in [0.1, 0.15) is 36.3 Å². The lowest BCUT2D eigenvalue weighted by atomic mass is 9.96. The zero-order chi connectivity index (χ0) is 15.3. The quantitative estimate of drug-likeness (QED) is 0.774. The fourth-order valence-electron chi connectivity index (χ4n) is 2.12. The van der Waals surface area contributed by atoms with E-state index in [1.54, 1.807) is 6.92 Å². The first kappa shape index (κ1) is 16.2. The summed E-state index contributed by atoms with van der Waals surface area (Å²) in [6, 6.07) is 0. The number of hydrogen-bond acceptors (Lipinski definition) is 5. The second-order valence-electron chi connectivity index (χ2n) is 4.71. The second-order valence-corrected chi connectivity index (χ2v) is 4.71. The van der Waals surface area contributed by atoms with Gasteiger partial charge in [0.05, 0.1) is 12.2 Å². The predicted molar refractivity (Wildman–Crippen MR) is 70.5 cm³/mol. The smallest absolute Gasteiger partial charge is 0.334 e. The maximum Gasteiger partial charge on any atom is 0.334 e. The van der Waals surface area contributed by atoms with Crippen LogP contribution < -0.4 is 5.32 Å². The van der Waals surface area contributed by atoms with E-state index in [1.807, 2.05) is 13.8 Å². The molecule has 0 aliphatic carbocycles. The topological polar surface area (TPSA) is 102 Å². The molecule has 0 saturated heterocycles. The Morgan fingerprint density at radius 3 is 2.55 bits per heavy atom. The molecule has 0 bridgehead atoms. The zero-order valence-electron chi connectivity index (χ0n) is 12.1. The molecule has 7 nitrogen and oxygen atoms in total. The van der Waals surface area contributed by atoms with Crippen LogP contribution in [0.3, 0.4) is 0 Å². The van der Waals surface area contributed by atoms with Crippen molar-refractivity contribution in [2.75, 3.05) is 13.7 Å². The number of carbonyl (C=O) groups is 2. The van der Waals surface area contributed by atoms with Crippen molar-refractivity contribution in [2.45, 2.75) is 39.2 Å². The highest BCUT2D eigenvalue weighted by Gasteiger charge is 2.21. The molecule has 2 atom stereocenters. The van der Waals surface area contributed by atoms with Crippen molar-refractivity contribution < 1.29 is 24.0 Å². The minimum atomic E-state index is -1.11. The Morgan fingerprint density at radius 1 is 1.45 bits per heavy atom. The van der Waals surface area contributed by atoms with Gasteiger partial charge in [0.2, 0.25) is 5.91 Å². The van der Waals surface area contributed by atoms with E-state index in [-0.39, 0.29) is 24.8 Å². The minimum absolute atomic E-state index is 0.0490. The molecule has 20 heavy (non-hydrogen) atoms. The predicted octanol–water partition coefficient (Wildman–Crippen LogP) is 1.00. The van der Waals surface area contributed by atoms with Crippen LogP contribution in [0.4, 0.5) is 0 Å². The molecule has 0 fully saturated rings. The molecule has 1 aromatic rings. The van der Waals surface area contributed by atoms with E-state index in [9.17, 15) is 9.59 Å². The maximum atomic E-state index is 11.8. The Labute approximate surface area is 117 Å². The van der Waals surface area contributed by atoms with Gasteiger partial charge >= 0.3 is 5.97 Å². The lowest BCUT2D eigenvalue weighted by Crippen LogP contribution is -2.38. The number of nitrogens with zero attached hydrogens (tertiary/aromatic N) is 1. The molecule has 0 radical (unpaired) electrons. The van der Waals surface area contributed by atoms with Gasteiger partial charge in [-0.25, -0.2) is 4.79 Å². The highest BCUT2D eigenvalue weighted by Crippen LogP contribution is 2.25. The number of methoxy groups -OCH3 is 1. The summed E-state index contributed by atoms with van der Waals surface area (Å²) in [6.45, 7) is 5.47. The molecule has 2 unspecified atom stereocenters. The molecule has 1 heterocycles. The average molecular weight is 284 g/mol. The molecule has 0 aliphatic rings. The Morgan fingerprint density at radius 2 is 2.10 bits per heavy atom. The van der Waals surface area contributed by atoms with Crippen LogP contribution in [0.5, 0.6) is 0 Å². The van der Waals surface area contributed by atoms with Gasteiger partial charge in [0.25, 0.3) is 0 Å². The summed E-state index contributed by atoms with van der Waals surface area (Å²) < 4.78 is 9.80. The van der Waals surface area contributed by atoms with Crippen molar-refractivity contribution >= 4 is 11.9 Å². The maximum absolute atomic E-state index is 11.8. The molecular weight excluding hydrogens is 264 g/mol. The van der Waals surface area contributed by atoms with Crippen LogP contribution in [0.15, 0.2) is 4.52 Å². The molecule has 0 spiro atoms. The number of hydrogen-bond donors (Lipinski definition) is 2. The number of aryl methyl sites for hydroxylation is 2. The van der Waals surface area contributed by atoms with Crippen LogP contribution in [0.2, 0.25) is 0 Å². The SMILES string of the molecule is COC(CNC(=O)CC(C)c1c(C)noc1C)C(=O)O. The monoisotopic (exact) mass is 284 g/mol. The summed E-state index contributed by atoms with van der Waals surface area (Å²) in [5.41, 5.74) is 1.68. The fourth-order valence-corrected chi connectivity index (χ4v) is 2.12. The molecular formula is C13H20N2O5. The van der Waals surface area contributed by atoms with Crippen LogP contribution in [-0.4, -0.2) is 41.9 Å². The molecule has 0 saturated carbocycles. The van der Waals surface area contributed by atoms with E-state index in [0.29, 0.717) is 5.76 Å². The second kappa shape index (κ2) is 7.04. The lowest BCUT2D eigenvalue weighted by molar-refractivity contribution is -0.148. The molecule has 112 valence electrons. The van der Waals surface area contributed by atoms with E-state index in [2.05, 4.69) is 10.5 Å². The first-order chi connectivity index (χ1) is 9.36. The summed E-state index contributed by atoms with van der Waals surface area (Å²) in [5.74, 6) is -0.692. The number of carbonyl (C=O) groups excluding carboxylic acids is 1. The normalized spacial score (nSPS) is 13.8. The van der Waals surface area contributed by atoms with E-state index < -0.39 is 12.1 Å². The first-order valence-electron chi connectivity index (χ1n) is 6.31. The van der Waals surface area contributed by atoms with Crippen molar-refractivity contribution in [2.24, 2.45) is 0 Å². The standard InChI is InChI=1S/C13H20N2O5/c1-7(12-8(2)15-20-9(12)3)5-11(16)14-6-10(19-4)13(17)18/h7,10H,5-6H2,1-4H3,(H,14,16)(H,17,18). The number of carboxylic acid groups (broad SMARTS) is 1. The van der Waals surface area contributed by atoms with Gasteiger partial charge in [-0.3, -0.25) is 4.79 Å². The van der Waals surface area contributed by atoms with Gasteiger partial charge in [-0.2, -0.15) is 0 Å². The summed E-state index contributed by atoms with van der Waals surface area (Å²) in [4.78, 5) is 22.5. The average Bonchev–Trinajstić information content (AvgIpc) is 2.69. The van der Waals surface area contributed by atoms with Gasteiger partial charge in [-0.1, -0.05) is 12.1 Å². The van der Waals surface area contributed by atoms with E-state index in [0.717, 1.165) is 11.3 Å². The van der Waals surface area contributed by atoms with E-state index in [4.69, 9.17) is 14.4 Å². The number of aromatic nitrogens is 1. The summed E-state index contributed by atoms with van der Waals surface area (Å²) in [5, 5.41) is 15.2. The molecule has 0 aliphatic heterocycles. The van der Waals surface area contributed by atoms with E-state index in [1.165, 1.54) is 7.11 Å². The number of aliphatic carboxylic acids is 1. The molecule has 7 heteroatoms. The molecule has 1 rings (SSSR count). The molecule has 1 amide bonds. The Balaban J connectivity index is 2.52. The van der Waals surface area contributed by atoms with Crippen molar-refractivity contribution in [1.82, 2.24) is 10.5 Å². The minimum Gasteiger partial charge on any atom is -0.479 e. The number of rotatable bonds is 7. The third-order valence-electron chi connectivity index (χ3n) is 3.12. The van der Waals surface area contributed by atoms with Crippen molar-refractivity contribution in [3.63, 3.8) is 0 Å². The third-order valence-corrected chi connectivity index (χ3v) is 3.12. The summed E-state index contributed by atoms with van der Waals surface area (Å²) >= 11 is 0. The van der Waals surface area contributed by atoms with Gasteiger partial charge in [0.15, 0.2) is 6.10 Å². The van der Waals surface area contributed by atoms with Crippen LogP contribution >= 0.6 is 0 Å². The Hall–Kier alpha value is -1.89. The number of ether oxygens (including phenoxy) is 1. The van der Waals surface area contributed by atoms with Crippen molar-refractivity contribution in [3.8, 4) is 0 Å². The van der Waals surface area contributed by atoms with E-state index >= 15 is 0 Å². The van der Waals surface area contributed by atoms with Gasteiger partial charge in [0, 0.05) is 19.1 Å². The Bertz CT molecular complexity index is 464. The van der Waals surface area contributed by atoms with Crippen LogP contribution in [-0.2, 0) is 14.3 Å². The lowest BCUT2D eigenvalue weighted by Gasteiger charge is -2.14. The highest BCUT2D eigenvalue weighted by atomic mass is 16.5. The largest absolute Gasteiger partial charge is 0.479 e. The summed E-state index contributed by atoms with van der Waals surface area (Å²) in [7, 11) is 1.29. The molecule has 0 aromatic carbocycles. The van der Waals surface area contributed by atoms with Gasteiger partial charge in [0.1, 0.15) is 5.76 Å². The van der Waals surface area contributed by atoms with Crippen molar-refractivity contribution in [3.05, 3.63) is 17.0 Å². The third kappa shape index (κ3) is 4.06.